The molecule has 6 nitrogen and oxygen atoms in total. The summed E-state index contributed by atoms with van der Waals surface area (Å²) in [5.74, 6) is -1.62. The van der Waals surface area contributed by atoms with Crippen LogP contribution in [0.25, 0.3) is 10.8 Å². The molecule has 206 valence electrons. The predicted octanol–water partition coefficient (Wildman–Crippen LogP) is 6.78. The number of thiophene rings is 2. The zero-order valence-electron chi connectivity index (χ0n) is 23.0. The molecule has 8 heteroatoms. The van der Waals surface area contributed by atoms with Crippen LogP contribution in [0.4, 0.5) is 5.00 Å². The van der Waals surface area contributed by atoms with Crippen molar-refractivity contribution >= 4 is 50.4 Å². The van der Waals surface area contributed by atoms with Gasteiger partial charge in [0, 0.05) is 27.2 Å². The first-order chi connectivity index (χ1) is 18.4. The van der Waals surface area contributed by atoms with Crippen LogP contribution in [-0.4, -0.2) is 39.8 Å². The van der Waals surface area contributed by atoms with E-state index < -0.39 is 23.5 Å². The highest BCUT2D eigenvalue weighted by atomic mass is 32.1. The van der Waals surface area contributed by atoms with Gasteiger partial charge in [0.05, 0.1) is 0 Å². The Morgan fingerprint density at radius 1 is 0.923 bits per heavy atom. The summed E-state index contributed by atoms with van der Waals surface area (Å²) in [6.07, 6.45) is 1.88. The number of benzene rings is 2. The monoisotopic (exact) mass is 564 g/mol. The summed E-state index contributed by atoms with van der Waals surface area (Å²) in [6, 6.07) is 20.1. The van der Waals surface area contributed by atoms with Gasteiger partial charge >= 0.3 is 11.9 Å². The number of nitrogens with zero attached hydrogens (tertiary/aromatic N) is 1. The summed E-state index contributed by atoms with van der Waals surface area (Å²) in [5, 5.41) is 29.4. The van der Waals surface area contributed by atoms with Gasteiger partial charge in [-0.1, -0.05) is 54.6 Å². The van der Waals surface area contributed by atoms with Gasteiger partial charge in [-0.25, -0.2) is 4.79 Å². The van der Waals surface area contributed by atoms with Crippen molar-refractivity contribution in [1.29, 1.82) is 0 Å². The van der Waals surface area contributed by atoms with Gasteiger partial charge in [0.25, 0.3) is 0 Å². The lowest BCUT2D eigenvalue weighted by Gasteiger charge is -2.47. The van der Waals surface area contributed by atoms with E-state index in [1.54, 1.807) is 25.2 Å². The molecule has 1 aliphatic carbocycles. The van der Waals surface area contributed by atoms with E-state index in [-0.39, 0.29) is 11.6 Å². The van der Waals surface area contributed by atoms with E-state index in [0.29, 0.717) is 0 Å². The van der Waals surface area contributed by atoms with Crippen LogP contribution in [0.5, 0.6) is 0 Å². The molecular weight excluding hydrogens is 528 g/mol. The van der Waals surface area contributed by atoms with Gasteiger partial charge < -0.3 is 20.4 Å². The molecule has 0 amide bonds. The largest absolute Gasteiger partial charge is 0.480 e. The zero-order valence-corrected chi connectivity index (χ0v) is 24.6. The minimum Gasteiger partial charge on any atom is -0.480 e. The number of hydrogen-bond donors (Lipinski definition) is 3. The second-order valence-electron chi connectivity index (χ2n) is 11.1. The molecule has 0 spiro atoms. The predicted molar refractivity (Wildman–Crippen MR) is 161 cm³/mol. The molecule has 0 saturated carbocycles. The van der Waals surface area contributed by atoms with Crippen molar-refractivity contribution in [1.82, 2.24) is 5.32 Å². The number of fused-ring (bicyclic) bond motifs is 2. The van der Waals surface area contributed by atoms with E-state index in [1.165, 1.54) is 22.5 Å². The fraction of sp³-hybridized carbons (Fsp3) is 0.355. The van der Waals surface area contributed by atoms with Crippen molar-refractivity contribution < 1.29 is 19.8 Å². The van der Waals surface area contributed by atoms with Crippen molar-refractivity contribution in [2.45, 2.75) is 70.6 Å². The molecule has 2 heterocycles. The number of carboxylic acids is 2. The lowest BCUT2D eigenvalue weighted by atomic mass is 9.91. The van der Waals surface area contributed by atoms with Crippen LogP contribution >= 0.6 is 22.7 Å². The van der Waals surface area contributed by atoms with Crippen molar-refractivity contribution in [2.75, 3.05) is 4.90 Å². The molecule has 2 aromatic carbocycles. The van der Waals surface area contributed by atoms with E-state index >= 15 is 0 Å². The maximum atomic E-state index is 12.4. The van der Waals surface area contributed by atoms with Gasteiger partial charge in [0.2, 0.25) is 0 Å². The highest BCUT2D eigenvalue weighted by Crippen LogP contribution is 2.46. The highest BCUT2D eigenvalue weighted by molar-refractivity contribution is 7.16. The molecule has 3 N–H and O–H groups in total. The van der Waals surface area contributed by atoms with Crippen LogP contribution in [0, 0.1) is 0 Å². The van der Waals surface area contributed by atoms with Crippen LogP contribution in [0.15, 0.2) is 71.4 Å². The number of carbonyl (C=O) groups is 2. The van der Waals surface area contributed by atoms with Crippen LogP contribution in [-0.2, 0) is 28.0 Å². The van der Waals surface area contributed by atoms with E-state index in [2.05, 4.69) is 60.6 Å². The highest BCUT2D eigenvalue weighted by Gasteiger charge is 2.48. The number of hydrogen-bond acceptors (Lipinski definition) is 6. The Hall–Kier alpha value is -3.20. The minimum absolute atomic E-state index is 0.272. The first-order valence-electron chi connectivity index (χ1n) is 13.0. The summed E-state index contributed by atoms with van der Waals surface area (Å²) in [5.41, 5.74) is 1.20. The fourth-order valence-electron chi connectivity index (χ4n) is 5.30. The number of nitrogens with one attached hydrogen (secondary N) is 1. The van der Waals surface area contributed by atoms with Crippen LogP contribution in [0.1, 0.15) is 50.6 Å². The fourth-order valence-corrected chi connectivity index (χ4v) is 7.49. The average molecular weight is 565 g/mol. The summed E-state index contributed by atoms with van der Waals surface area (Å²) >= 11 is 3.09. The molecule has 4 aromatic rings. The molecule has 1 aliphatic rings. The number of aliphatic carboxylic acids is 2. The Labute approximate surface area is 237 Å². The third-order valence-electron chi connectivity index (χ3n) is 7.13. The van der Waals surface area contributed by atoms with E-state index in [4.69, 9.17) is 5.11 Å². The second-order valence-corrected chi connectivity index (χ2v) is 12.9. The molecule has 0 saturated heterocycles. The SMILES string of the molecule is CC(C)(C)N(c1scc2ccccc12)C(C)(C(=O)O)c1cccs1.CC(NC1Cc2ccccc2C1)C(=O)O. The zero-order chi connectivity index (χ0) is 28.4. The molecule has 0 radical (unpaired) electrons. The lowest BCUT2D eigenvalue weighted by molar-refractivity contribution is -0.143. The first-order valence-corrected chi connectivity index (χ1v) is 14.8. The molecule has 0 aliphatic heterocycles. The van der Waals surface area contributed by atoms with E-state index in [9.17, 15) is 14.7 Å². The van der Waals surface area contributed by atoms with E-state index in [1.807, 2.05) is 41.8 Å². The Balaban J connectivity index is 0.000000202. The molecule has 0 bridgehead atoms. The van der Waals surface area contributed by atoms with Gasteiger partial charge in [0.15, 0.2) is 5.54 Å². The topological polar surface area (TPSA) is 89.9 Å². The third kappa shape index (κ3) is 6.03. The maximum absolute atomic E-state index is 12.4. The van der Waals surface area contributed by atoms with Gasteiger partial charge in [0.1, 0.15) is 11.0 Å². The summed E-state index contributed by atoms with van der Waals surface area (Å²) in [4.78, 5) is 26.0. The average Bonchev–Trinajstić information content (AvgIpc) is 3.63. The Morgan fingerprint density at radius 3 is 2.08 bits per heavy atom. The molecule has 0 fully saturated rings. The lowest BCUT2D eigenvalue weighted by Crippen LogP contribution is -2.57. The summed E-state index contributed by atoms with van der Waals surface area (Å²) in [6.45, 7) is 9.69. The number of carboxylic acid groups (broad SMARTS) is 2. The van der Waals surface area contributed by atoms with E-state index in [0.717, 1.165) is 33.5 Å². The van der Waals surface area contributed by atoms with Crippen molar-refractivity contribution in [3.05, 3.63) is 87.4 Å². The van der Waals surface area contributed by atoms with Crippen molar-refractivity contribution in [3.8, 4) is 0 Å². The Bertz CT molecular complexity index is 1420. The van der Waals surface area contributed by atoms with Gasteiger partial charge in [-0.15, -0.1) is 22.7 Å². The quantitative estimate of drug-likeness (QED) is 0.229. The Kier molecular flexibility index (Phi) is 8.49. The Morgan fingerprint density at radius 2 is 1.54 bits per heavy atom. The molecule has 2 aromatic heterocycles. The molecular formula is C31H36N2O4S2. The van der Waals surface area contributed by atoms with Gasteiger partial charge in [-0.2, -0.15) is 0 Å². The third-order valence-corrected chi connectivity index (χ3v) is 9.21. The molecule has 5 rings (SSSR count). The number of rotatable bonds is 7. The van der Waals surface area contributed by atoms with Crippen LogP contribution < -0.4 is 10.2 Å². The normalized spacial score (nSPS) is 15.6. The van der Waals surface area contributed by atoms with Crippen LogP contribution in [0.2, 0.25) is 0 Å². The molecule has 39 heavy (non-hydrogen) atoms. The first kappa shape index (κ1) is 28.8. The summed E-state index contributed by atoms with van der Waals surface area (Å²) < 4.78 is 0. The number of anilines is 1. The minimum atomic E-state index is -1.12. The smallest absolute Gasteiger partial charge is 0.334 e. The second kappa shape index (κ2) is 11.5. The molecule has 2 atom stereocenters. The van der Waals surface area contributed by atoms with Gasteiger partial charge in [-0.3, -0.25) is 4.79 Å². The maximum Gasteiger partial charge on any atom is 0.334 e. The van der Waals surface area contributed by atoms with Crippen LogP contribution in [0.3, 0.4) is 0 Å². The molecule has 2 unspecified atom stereocenters. The van der Waals surface area contributed by atoms with Crippen molar-refractivity contribution in [3.63, 3.8) is 0 Å². The summed E-state index contributed by atoms with van der Waals surface area (Å²) in [7, 11) is 0. The van der Waals surface area contributed by atoms with Crippen molar-refractivity contribution in [2.24, 2.45) is 0 Å². The standard InChI is InChI=1S/C19H21NO2S2.C12H15NO2/c1-18(2,3)20(16-14-9-6-5-8-13(14)12-24-16)19(4,17(21)22)15-10-7-11-23-15;1-8(12(14)15)13-11-6-9-4-2-3-5-10(9)7-11/h5-12H,1-4H3,(H,21,22);2-5,8,11,13H,6-7H2,1H3,(H,14,15). The van der Waals surface area contributed by atoms with Gasteiger partial charge in [-0.05, 0) is 75.4 Å².